The van der Waals surface area contributed by atoms with Crippen LogP contribution in [-0.2, 0) is 17.4 Å². The average molecular weight is 273 g/mol. The van der Waals surface area contributed by atoms with Crippen LogP contribution in [-0.4, -0.2) is 16.1 Å². The van der Waals surface area contributed by atoms with E-state index in [1.807, 2.05) is 0 Å². The molecular formula is C9H5F6NO2. The number of carbonyl (C=O) groups is 1. The summed E-state index contributed by atoms with van der Waals surface area (Å²) in [5.74, 6) is -3.33. The number of nitrogens with zero attached hydrogens (tertiary/aromatic N) is 1. The van der Waals surface area contributed by atoms with Crippen molar-refractivity contribution in [3.05, 3.63) is 28.8 Å². The lowest BCUT2D eigenvalue weighted by Crippen LogP contribution is -2.18. The summed E-state index contributed by atoms with van der Waals surface area (Å²) in [7, 11) is 0. The number of pyridine rings is 1. The second kappa shape index (κ2) is 4.83. The van der Waals surface area contributed by atoms with Gasteiger partial charge in [-0.05, 0) is 0 Å². The van der Waals surface area contributed by atoms with E-state index in [0.717, 1.165) is 0 Å². The predicted octanol–water partition coefficient (Wildman–Crippen LogP) is 2.80. The molecule has 0 atom stereocenters. The summed E-state index contributed by atoms with van der Waals surface area (Å²) in [6, 6.07) is -0.0567. The Morgan fingerprint density at radius 1 is 1.39 bits per heavy atom. The van der Waals surface area contributed by atoms with Crippen molar-refractivity contribution in [2.75, 3.05) is 0 Å². The van der Waals surface area contributed by atoms with Crippen LogP contribution in [0.3, 0.4) is 0 Å². The van der Waals surface area contributed by atoms with Crippen molar-refractivity contribution in [1.82, 2.24) is 4.98 Å². The first kappa shape index (κ1) is 14.3. The highest BCUT2D eigenvalue weighted by atomic mass is 19.4. The number of aliphatic carboxylic acids is 1. The molecule has 0 unspecified atom stereocenters. The molecule has 100 valence electrons. The third-order valence-corrected chi connectivity index (χ3v) is 1.93. The Bertz CT molecular complexity index is 471. The molecule has 3 nitrogen and oxygen atoms in total. The van der Waals surface area contributed by atoms with Crippen molar-refractivity contribution in [3.63, 3.8) is 0 Å². The molecule has 1 N–H and O–H groups in total. The minimum absolute atomic E-state index is 0.0567. The van der Waals surface area contributed by atoms with Gasteiger partial charge in [0.2, 0.25) is 5.95 Å². The molecule has 0 amide bonds. The number of hydrogen-bond donors (Lipinski definition) is 1. The molecule has 0 aliphatic heterocycles. The normalized spacial score (nSPS) is 11.9. The summed E-state index contributed by atoms with van der Waals surface area (Å²) in [6.45, 7) is 0. The molecule has 1 heterocycles. The van der Waals surface area contributed by atoms with Crippen molar-refractivity contribution in [3.8, 4) is 0 Å². The highest BCUT2D eigenvalue weighted by Gasteiger charge is 2.40. The standard InChI is InChI=1S/C9H5F6NO2/c10-5-1-3(8(11)12)7(9(13,14)15)4(16-5)2-6(17)18/h1,8H,2H2,(H,17,18). The van der Waals surface area contributed by atoms with Gasteiger partial charge in [-0.15, -0.1) is 0 Å². The van der Waals surface area contributed by atoms with Crippen molar-refractivity contribution in [2.24, 2.45) is 0 Å². The van der Waals surface area contributed by atoms with Crippen LogP contribution >= 0.6 is 0 Å². The summed E-state index contributed by atoms with van der Waals surface area (Å²) in [6.07, 6.45) is -10.1. The van der Waals surface area contributed by atoms with Gasteiger partial charge in [-0.2, -0.15) is 17.6 Å². The van der Waals surface area contributed by atoms with Crippen LogP contribution in [0, 0.1) is 5.95 Å². The van der Waals surface area contributed by atoms with Crippen LogP contribution < -0.4 is 0 Å². The van der Waals surface area contributed by atoms with E-state index in [0.29, 0.717) is 0 Å². The van der Waals surface area contributed by atoms with Crippen molar-refractivity contribution >= 4 is 5.97 Å². The number of carboxylic acid groups (broad SMARTS) is 1. The number of alkyl halides is 5. The molecule has 0 aromatic carbocycles. The highest BCUT2D eigenvalue weighted by Crippen LogP contribution is 2.38. The van der Waals surface area contributed by atoms with Gasteiger partial charge in [-0.1, -0.05) is 0 Å². The highest BCUT2D eigenvalue weighted by molar-refractivity contribution is 5.70. The monoisotopic (exact) mass is 273 g/mol. The largest absolute Gasteiger partial charge is 0.481 e. The number of hydrogen-bond acceptors (Lipinski definition) is 2. The van der Waals surface area contributed by atoms with Gasteiger partial charge in [0.25, 0.3) is 6.43 Å². The molecule has 9 heteroatoms. The van der Waals surface area contributed by atoms with Crippen LogP contribution in [0.2, 0.25) is 0 Å². The maximum atomic E-state index is 12.8. The smallest absolute Gasteiger partial charge is 0.418 e. The second-order valence-electron chi connectivity index (χ2n) is 3.22. The Labute approximate surface area is 96.1 Å². The van der Waals surface area contributed by atoms with Crippen molar-refractivity contribution in [1.29, 1.82) is 0 Å². The second-order valence-corrected chi connectivity index (χ2v) is 3.22. The van der Waals surface area contributed by atoms with Gasteiger partial charge in [-0.25, -0.2) is 13.8 Å². The molecule has 1 rings (SSSR count). The van der Waals surface area contributed by atoms with E-state index in [1.54, 1.807) is 0 Å². The van der Waals surface area contributed by atoms with Gasteiger partial charge in [0, 0.05) is 11.6 Å². The fourth-order valence-corrected chi connectivity index (χ4v) is 1.35. The van der Waals surface area contributed by atoms with Crippen molar-refractivity contribution in [2.45, 2.75) is 19.0 Å². The van der Waals surface area contributed by atoms with E-state index in [4.69, 9.17) is 5.11 Å². The lowest BCUT2D eigenvalue weighted by molar-refractivity contribution is -0.141. The molecule has 0 radical (unpaired) electrons. The Balaban J connectivity index is 3.53. The molecule has 0 bridgehead atoms. The van der Waals surface area contributed by atoms with Crippen LogP contribution in [0.4, 0.5) is 26.3 Å². The van der Waals surface area contributed by atoms with E-state index in [9.17, 15) is 31.1 Å². The zero-order valence-corrected chi connectivity index (χ0v) is 8.43. The van der Waals surface area contributed by atoms with Gasteiger partial charge >= 0.3 is 12.1 Å². The SMILES string of the molecule is O=C(O)Cc1nc(F)cc(C(F)F)c1C(F)(F)F. The van der Waals surface area contributed by atoms with Crippen LogP contribution in [0.1, 0.15) is 23.2 Å². The van der Waals surface area contributed by atoms with Gasteiger partial charge < -0.3 is 5.11 Å². The molecule has 1 aromatic rings. The van der Waals surface area contributed by atoms with E-state index in [2.05, 4.69) is 4.98 Å². The van der Waals surface area contributed by atoms with Crippen molar-refractivity contribution < 1.29 is 36.2 Å². The topological polar surface area (TPSA) is 50.2 Å². The van der Waals surface area contributed by atoms with Gasteiger partial charge in [0.15, 0.2) is 0 Å². The van der Waals surface area contributed by atoms with Crippen LogP contribution in [0.25, 0.3) is 0 Å². The summed E-state index contributed by atoms with van der Waals surface area (Å²) in [5.41, 5.74) is -4.79. The molecule has 0 saturated heterocycles. The lowest BCUT2D eigenvalue weighted by atomic mass is 10.0. The number of halogens is 6. The zero-order valence-electron chi connectivity index (χ0n) is 8.43. The molecule has 1 aromatic heterocycles. The summed E-state index contributed by atoms with van der Waals surface area (Å²) in [4.78, 5) is 13.0. The molecule has 0 spiro atoms. The fraction of sp³-hybridized carbons (Fsp3) is 0.333. The quantitative estimate of drug-likeness (QED) is 0.680. The summed E-state index contributed by atoms with van der Waals surface area (Å²) in [5, 5.41) is 8.36. The predicted molar refractivity (Wildman–Crippen MR) is 45.5 cm³/mol. The van der Waals surface area contributed by atoms with Crippen LogP contribution in [0.5, 0.6) is 0 Å². The first-order valence-corrected chi connectivity index (χ1v) is 4.39. The minimum atomic E-state index is -5.24. The molecule has 0 fully saturated rings. The molecule has 0 saturated carbocycles. The molecular weight excluding hydrogens is 268 g/mol. The Morgan fingerprint density at radius 3 is 2.33 bits per heavy atom. The van der Waals surface area contributed by atoms with E-state index < -0.39 is 47.8 Å². The Kier molecular flexibility index (Phi) is 3.82. The molecule has 0 aliphatic rings. The molecule has 18 heavy (non-hydrogen) atoms. The summed E-state index contributed by atoms with van der Waals surface area (Å²) >= 11 is 0. The average Bonchev–Trinajstić information content (AvgIpc) is 2.12. The maximum absolute atomic E-state index is 12.8. The van der Waals surface area contributed by atoms with Crippen LogP contribution in [0.15, 0.2) is 6.07 Å². The Morgan fingerprint density at radius 2 is 1.94 bits per heavy atom. The maximum Gasteiger partial charge on any atom is 0.418 e. The summed E-state index contributed by atoms with van der Waals surface area (Å²) < 4.78 is 75.3. The van der Waals surface area contributed by atoms with Gasteiger partial charge in [-0.3, -0.25) is 4.79 Å². The number of rotatable bonds is 3. The van der Waals surface area contributed by atoms with Gasteiger partial charge in [0.1, 0.15) is 0 Å². The van der Waals surface area contributed by atoms with Gasteiger partial charge in [0.05, 0.1) is 17.7 Å². The first-order chi connectivity index (χ1) is 8.12. The fourth-order valence-electron chi connectivity index (χ4n) is 1.35. The Hall–Kier alpha value is -1.80. The minimum Gasteiger partial charge on any atom is -0.481 e. The lowest BCUT2D eigenvalue weighted by Gasteiger charge is -2.15. The number of carboxylic acids is 1. The van der Waals surface area contributed by atoms with E-state index in [1.165, 1.54) is 0 Å². The third kappa shape index (κ3) is 3.11. The third-order valence-electron chi connectivity index (χ3n) is 1.93. The molecule has 0 aliphatic carbocycles. The first-order valence-electron chi connectivity index (χ1n) is 4.39. The van der Waals surface area contributed by atoms with E-state index in [-0.39, 0.29) is 6.07 Å². The zero-order chi connectivity index (χ0) is 14.1. The van der Waals surface area contributed by atoms with E-state index >= 15 is 0 Å². The number of aromatic nitrogens is 1.